The maximum Gasteiger partial charge on any atom is 0.573 e. The van der Waals surface area contributed by atoms with Crippen molar-refractivity contribution in [3.8, 4) is 22.8 Å². The van der Waals surface area contributed by atoms with E-state index in [0.29, 0.717) is 22.4 Å². The van der Waals surface area contributed by atoms with Gasteiger partial charge >= 0.3 is 12.4 Å². The zero-order valence-electron chi connectivity index (χ0n) is 23.9. The highest BCUT2D eigenvalue weighted by Crippen LogP contribution is 2.33. The molecule has 9 nitrogen and oxygen atoms in total. The Labute approximate surface area is 255 Å². The smallest absolute Gasteiger partial charge is 0.406 e. The number of urea groups is 1. The van der Waals surface area contributed by atoms with Gasteiger partial charge in [-0.2, -0.15) is 4.99 Å². The molecule has 3 aromatic carbocycles. The lowest BCUT2D eigenvalue weighted by atomic mass is 10.0. The van der Waals surface area contributed by atoms with Crippen LogP contribution >= 0.6 is 11.8 Å². The SMILES string of the molecule is C/C(=C\c1ccc(-c2ncn(-c3ccc(OC(F)(F)F)cc3)n2)cc1)NC(=O)N=C1SCC(=O)N1c1ccccc1C(C)C. The van der Waals surface area contributed by atoms with Crippen LogP contribution in [0.3, 0.4) is 0 Å². The van der Waals surface area contributed by atoms with Crippen LogP contribution in [0, 0.1) is 0 Å². The molecule has 1 N–H and O–H groups in total. The Bertz CT molecular complexity index is 1730. The predicted octanol–water partition coefficient (Wildman–Crippen LogP) is 7.16. The van der Waals surface area contributed by atoms with E-state index in [0.717, 1.165) is 22.4 Å². The third-order valence-electron chi connectivity index (χ3n) is 6.45. The summed E-state index contributed by atoms with van der Waals surface area (Å²) in [6.45, 7) is 5.82. The summed E-state index contributed by atoms with van der Waals surface area (Å²) in [5, 5.41) is 7.48. The van der Waals surface area contributed by atoms with Crippen molar-refractivity contribution >= 4 is 40.6 Å². The fourth-order valence-corrected chi connectivity index (χ4v) is 5.34. The Hall–Kier alpha value is -4.91. The number of aliphatic imine (C=N–C) groups is 1. The van der Waals surface area contributed by atoms with Gasteiger partial charge in [0.2, 0.25) is 5.91 Å². The van der Waals surface area contributed by atoms with Gasteiger partial charge in [0.25, 0.3) is 0 Å². The third kappa shape index (κ3) is 7.35. The minimum Gasteiger partial charge on any atom is -0.406 e. The number of ether oxygens (including phenoxy) is 1. The van der Waals surface area contributed by atoms with Gasteiger partial charge < -0.3 is 10.1 Å². The van der Waals surface area contributed by atoms with Crippen molar-refractivity contribution in [2.75, 3.05) is 10.7 Å². The van der Waals surface area contributed by atoms with Crippen molar-refractivity contribution in [2.24, 2.45) is 4.99 Å². The minimum atomic E-state index is -4.76. The Morgan fingerprint density at radius 3 is 2.45 bits per heavy atom. The lowest BCUT2D eigenvalue weighted by Crippen LogP contribution is -2.32. The summed E-state index contributed by atoms with van der Waals surface area (Å²) < 4.78 is 42.6. The number of amidine groups is 1. The van der Waals surface area contributed by atoms with Gasteiger partial charge in [0.15, 0.2) is 11.0 Å². The molecule has 13 heteroatoms. The molecule has 1 fully saturated rings. The second kappa shape index (κ2) is 12.8. The highest BCUT2D eigenvalue weighted by molar-refractivity contribution is 8.15. The molecule has 0 saturated carbocycles. The number of hydrogen-bond donors (Lipinski definition) is 1. The lowest BCUT2D eigenvalue weighted by molar-refractivity contribution is -0.274. The van der Waals surface area contributed by atoms with E-state index in [1.54, 1.807) is 13.0 Å². The summed E-state index contributed by atoms with van der Waals surface area (Å²) in [5.74, 6) is 0.353. The van der Waals surface area contributed by atoms with Gasteiger partial charge in [0, 0.05) is 11.3 Å². The van der Waals surface area contributed by atoms with Gasteiger partial charge in [-0.1, -0.05) is 68.1 Å². The van der Waals surface area contributed by atoms with Crippen molar-refractivity contribution < 1.29 is 27.5 Å². The Morgan fingerprint density at radius 2 is 1.77 bits per heavy atom. The molecule has 1 aliphatic rings. The highest BCUT2D eigenvalue weighted by Gasteiger charge is 2.32. The Morgan fingerprint density at radius 1 is 1.07 bits per heavy atom. The van der Waals surface area contributed by atoms with Crippen LogP contribution in [0.4, 0.5) is 23.7 Å². The van der Waals surface area contributed by atoms with Gasteiger partial charge in [-0.25, -0.2) is 14.5 Å². The first-order valence-corrected chi connectivity index (χ1v) is 14.5. The molecule has 0 unspecified atom stereocenters. The molecular formula is C31H27F3N6O3S. The molecule has 5 rings (SSSR count). The Balaban J connectivity index is 1.24. The number of rotatable bonds is 7. The molecule has 2 heterocycles. The molecule has 0 atom stereocenters. The number of aromatic nitrogens is 3. The Kier molecular flexibility index (Phi) is 8.86. The van der Waals surface area contributed by atoms with Crippen molar-refractivity contribution in [3.63, 3.8) is 0 Å². The van der Waals surface area contributed by atoms with E-state index >= 15 is 0 Å². The number of thioether (sulfide) groups is 1. The van der Waals surface area contributed by atoms with Crippen LogP contribution < -0.4 is 15.0 Å². The van der Waals surface area contributed by atoms with Crippen LogP contribution in [-0.4, -0.2) is 44.0 Å². The maximum atomic E-state index is 12.8. The van der Waals surface area contributed by atoms with Gasteiger partial charge in [0.05, 0.1) is 17.1 Å². The van der Waals surface area contributed by atoms with E-state index in [2.05, 4.69) is 25.1 Å². The number of amides is 3. The van der Waals surface area contributed by atoms with Crippen LogP contribution in [0.2, 0.25) is 0 Å². The predicted molar refractivity (Wildman–Crippen MR) is 164 cm³/mol. The monoisotopic (exact) mass is 620 g/mol. The second-order valence-electron chi connectivity index (χ2n) is 10.1. The van der Waals surface area contributed by atoms with Crippen molar-refractivity contribution in [2.45, 2.75) is 33.1 Å². The molecule has 1 saturated heterocycles. The number of benzene rings is 3. The van der Waals surface area contributed by atoms with Crippen LogP contribution in [-0.2, 0) is 4.79 Å². The van der Waals surface area contributed by atoms with E-state index in [1.165, 1.54) is 51.9 Å². The van der Waals surface area contributed by atoms with Crippen molar-refractivity contribution in [1.29, 1.82) is 0 Å². The molecule has 1 aromatic heterocycles. The van der Waals surface area contributed by atoms with Crippen LogP contribution in [0.1, 0.15) is 37.8 Å². The number of alkyl halides is 3. The van der Waals surface area contributed by atoms with Crippen molar-refractivity contribution in [3.05, 3.63) is 95.9 Å². The average Bonchev–Trinajstić information content (AvgIpc) is 3.60. The summed E-state index contributed by atoms with van der Waals surface area (Å²) in [6, 6.07) is 19.6. The van der Waals surface area contributed by atoms with Crippen LogP contribution in [0.25, 0.3) is 23.2 Å². The molecule has 4 aromatic rings. The first-order chi connectivity index (χ1) is 21.0. The molecule has 1 aliphatic heterocycles. The first-order valence-electron chi connectivity index (χ1n) is 13.5. The topological polar surface area (TPSA) is 102 Å². The quantitative estimate of drug-likeness (QED) is 0.235. The van der Waals surface area contributed by atoms with Gasteiger partial charge in [-0.05, 0) is 60.4 Å². The summed E-state index contributed by atoms with van der Waals surface area (Å²) in [5.41, 5.74) is 4.31. The van der Waals surface area contributed by atoms with E-state index in [1.807, 2.05) is 62.4 Å². The molecule has 0 spiro atoms. The van der Waals surface area contributed by atoms with Gasteiger partial charge in [-0.15, -0.1) is 18.3 Å². The molecule has 0 aliphatic carbocycles. The highest BCUT2D eigenvalue weighted by atomic mass is 32.2. The summed E-state index contributed by atoms with van der Waals surface area (Å²) >= 11 is 1.22. The average molecular weight is 621 g/mol. The molecule has 3 amide bonds. The fraction of sp³-hybridized carbons (Fsp3) is 0.194. The zero-order chi connectivity index (χ0) is 31.4. The van der Waals surface area contributed by atoms with Gasteiger partial charge in [0.1, 0.15) is 12.1 Å². The van der Waals surface area contributed by atoms with Gasteiger partial charge in [-0.3, -0.25) is 9.69 Å². The van der Waals surface area contributed by atoms with Crippen molar-refractivity contribution in [1.82, 2.24) is 20.1 Å². The van der Waals surface area contributed by atoms with Crippen LogP contribution in [0.15, 0.2) is 89.8 Å². The lowest BCUT2D eigenvalue weighted by Gasteiger charge is -2.21. The molecule has 44 heavy (non-hydrogen) atoms. The normalized spacial score (nSPS) is 14.9. The summed E-state index contributed by atoms with van der Waals surface area (Å²) in [4.78, 5) is 35.5. The number of carbonyl (C=O) groups excluding carboxylic acids is 2. The first kappa shape index (κ1) is 30.5. The number of halogens is 3. The second-order valence-corrected chi connectivity index (χ2v) is 11.0. The number of carbonyl (C=O) groups is 2. The zero-order valence-corrected chi connectivity index (χ0v) is 24.7. The summed E-state index contributed by atoms with van der Waals surface area (Å²) in [6.07, 6.45) is -1.53. The molecular weight excluding hydrogens is 593 g/mol. The minimum absolute atomic E-state index is 0.130. The number of hydrogen-bond acceptors (Lipinski definition) is 6. The number of nitrogens with zero attached hydrogens (tertiary/aromatic N) is 5. The third-order valence-corrected chi connectivity index (χ3v) is 7.37. The maximum absolute atomic E-state index is 12.8. The van der Waals surface area contributed by atoms with E-state index < -0.39 is 12.4 Å². The fourth-order valence-electron chi connectivity index (χ4n) is 4.48. The largest absolute Gasteiger partial charge is 0.573 e. The standard InChI is InChI=1S/C31H27F3N6O3S/c1-19(2)25-6-4-5-7-26(25)40-27(41)17-44-30(40)37-29(42)36-20(3)16-21-8-10-22(11-9-21)28-35-18-39(38-28)23-12-14-24(15-13-23)43-31(32,33)34/h4-16,18-19H,17H2,1-3H3,(H,36,42)/b20-16+,37-30?. The number of para-hydroxylation sites is 1. The number of anilines is 1. The van der Waals surface area contributed by atoms with Crippen LogP contribution in [0.5, 0.6) is 5.75 Å². The number of allylic oxidation sites excluding steroid dienone is 1. The summed E-state index contributed by atoms with van der Waals surface area (Å²) in [7, 11) is 0. The molecule has 226 valence electrons. The van der Waals surface area contributed by atoms with E-state index in [4.69, 9.17) is 0 Å². The van der Waals surface area contributed by atoms with E-state index in [9.17, 15) is 22.8 Å². The molecule has 0 radical (unpaired) electrons. The molecule has 0 bridgehead atoms. The van der Waals surface area contributed by atoms with E-state index in [-0.39, 0.29) is 23.3 Å². The number of nitrogens with one attached hydrogen (secondary N) is 1.